The highest BCUT2D eigenvalue weighted by Gasteiger charge is 2.22. The van der Waals surface area contributed by atoms with Gasteiger partial charge in [-0.15, -0.1) is 0 Å². The van der Waals surface area contributed by atoms with Crippen molar-refractivity contribution in [3.05, 3.63) is 23.8 Å². The second-order valence-corrected chi connectivity index (χ2v) is 5.16. The monoisotopic (exact) mass is 191 g/mol. The second kappa shape index (κ2) is 3.34. The van der Waals surface area contributed by atoms with Crippen LogP contribution in [0.2, 0.25) is 0 Å². The Hall–Kier alpha value is -0.920. The van der Waals surface area contributed by atoms with Crippen molar-refractivity contribution in [3.8, 4) is 0 Å². The zero-order chi connectivity index (χ0) is 10.2. The molecule has 0 atom stereocenters. The maximum Gasteiger partial charge on any atom is 0.298 e. The van der Waals surface area contributed by atoms with Crippen LogP contribution in [-0.4, -0.2) is 4.98 Å². The minimum absolute atomic E-state index is 0.215. The Kier molecular flexibility index (Phi) is 2.30. The average molecular weight is 191 g/mol. The molecule has 0 N–H and O–H groups in total. The average Bonchev–Trinajstić information content (AvgIpc) is 2.16. The fraction of sp³-hybridized carbons (Fsp3) is 0.667. The molecule has 0 aromatic carbocycles. The summed E-state index contributed by atoms with van der Waals surface area (Å²) in [6.07, 6.45) is 8.05. The van der Waals surface area contributed by atoms with E-state index < -0.39 is 0 Å². The molecule has 1 aliphatic rings. The summed E-state index contributed by atoms with van der Waals surface area (Å²) in [5.74, 6) is 1.25. The van der Waals surface area contributed by atoms with Gasteiger partial charge in [-0.3, -0.25) is 0 Å². The summed E-state index contributed by atoms with van der Waals surface area (Å²) in [6, 6.07) is 0. The van der Waals surface area contributed by atoms with Crippen LogP contribution in [0.1, 0.15) is 45.0 Å². The Morgan fingerprint density at radius 3 is 2.79 bits per heavy atom. The van der Waals surface area contributed by atoms with E-state index >= 15 is 0 Å². The number of nitrogens with zero attached hydrogens (tertiary/aromatic N) is 2. The molecule has 2 rings (SSSR count). The van der Waals surface area contributed by atoms with Gasteiger partial charge in [0.2, 0.25) is 0 Å². The molecule has 2 heterocycles. The molecule has 14 heavy (non-hydrogen) atoms. The number of fused-ring (bicyclic) bond motifs is 1. The van der Waals surface area contributed by atoms with Crippen molar-refractivity contribution in [1.29, 1.82) is 0 Å². The first kappa shape index (κ1) is 9.63. The highest BCUT2D eigenvalue weighted by molar-refractivity contribution is 5.13. The predicted octanol–water partition coefficient (Wildman–Crippen LogP) is 2.00. The van der Waals surface area contributed by atoms with Gasteiger partial charge in [0, 0.05) is 5.56 Å². The SMILES string of the molecule is CC(C)(C)c1cnc2[n+](c1)CCCC2. The van der Waals surface area contributed by atoms with Gasteiger partial charge in [-0.25, -0.2) is 4.57 Å². The molecule has 0 amide bonds. The largest absolute Gasteiger partial charge is 0.298 e. The maximum absolute atomic E-state index is 4.55. The van der Waals surface area contributed by atoms with Crippen molar-refractivity contribution in [3.63, 3.8) is 0 Å². The zero-order valence-electron chi connectivity index (χ0n) is 9.38. The zero-order valence-corrected chi connectivity index (χ0v) is 9.38. The first-order valence-electron chi connectivity index (χ1n) is 5.46. The summed E-state index contributed by atoms with van der Waals surface area (Å²) >= 11 is 0. The Bertz CT molecular complexity index is 337. The third-order valence-electron chi connectivity index (χ3n) is 2.89. The topological polar surface area (TPSA) is 16.8 Å². The predicted molar refractivity (Wildman–Crippen MR) is 56.1 cm³/mol. The van der Waals surface area contributed by atoms with Crippen LogP contribution in [0, 0.1) is 0 Å². The van der Waals surface area contributed by atoms with E-state index in [0.29, 0.717) is 0 Å². The maximum atomic E-state index is 4.55. The van der Waals surface area contributed by atoms with Crippen LogP contribution in [0.15, 0.2) is 12.4 Å². The lowest BCUT2D eigenvalue weighted by Gasteiger charge is -2.18. The molecule has 0 unspecified atom stereocenters. The van der Waals surface area contributed by atoms with E-state index in [1.54, 1.807) is 0 Å². The smallest absolute Gasteiger partial charge is 0.234 e. The molecule has 2 nitrogen and oxygen atoms in total. The third kappa shape index (κ3) is 1.79. The number of rotatable bonds is 0. The highest BCUT2D eigenvalue weighted by atomic mass is 15.0. The molecule has 1 aromatic heterocycles. The Labute approximate surface area is 86.0 Å². The van der Waals surface area contributed by atoms with Gasteiger partial charge in [0.15, 0.2) is 0 Å². The van der Waals surface area contributed by atoms with E-state index in [-0.39, 0.29) is 5.41 Å². The van der Waals surface area contributed by atoms with E-state index in [9.17, 15) is 0 Å². The number of hydrogen-bond acceptors (Lipinski definition) is 1. The minimum atomic E-state index is 0.215. The number of aromatic nitrogens is 2. The van der Waals surface area contributed by atoms with Crippen LogP contribution >= 0.6 is 0 Å². The van der Waals surface area contributed by atoms with E-state index in [4.69, 9.17) is 0 Å². The van der Waals surface area contributed by atoms with Gasteiger partial charge in [0.05, 0.1) is 19.2 Å². The molecule has 2 heteroatoms. The van der Waals surface area contributed by atoms with E-state index in [0.717, 1.165) is 13.0 Å². The van der Waals surface area contributed by atoms with Gasteiger partial charge in [0.25, 0.3) is 5.82 Å². The van der Waals surface area contributed by atoms with Crippen LogP contribution in [0.3, 0.4) is 0 Å². The molecule has 0 bridgehead atoms. The first-order chi connectivity index (χ1) is 6.57. The molecular weight excluding hydrogens is 172 g/mol. The van der Waals surface area contributed by atoms with Crippen molar-refractivity contribution in [2.45, 2.75) is 52.0 Å². The second-order valence-electron chi connectivity index (χ2n) is 5.16. The fourth-order valence-corrected chi connectivity index (χ4v) is 1.85. The van der Waals surface area contributed by atoms with Gasteiger partial charge in [-0.1, -0.05) is 25.8 Å². The van der Waals surface area contributed by atoms with E-state index in [1.165, 1.54) is 24.2 Å². The summed E-state index contributed by atoms with van der Waals surface area (Å²) in [6.45, 7) is 7.85. The van der Waals surface area contributed by atoms with E-state index in [1.807, 2.05) is 6.20 Å². The van der Waals surface area contributed by atoms with Crippen LogP contribution < -0.4 is 4.57 Å². The van der Waals surface area contributed by atoms with Gasteiger partial charge in [-0.05, 0) is 18.3 Å². The van der Waals surface area contributed by atoms with Crippen LogP contribution in [0.4, 0.5) is 0 Å². The van der Waals surface area contributed by atoms with Gasteiger partial charge < -0.3 is 0 Å². The Morgan fingerprint density at radius 1 is 1.29 bits per heavy atom. The number of aryl methyl sites for hydroxylation is 2. The van der Waals surface area contributed by atoms with Crippen molar-refractivity contribution in [2.24, 2.45) is 0 Å². The lowest BCUT2D eigenvalue weighted by atomic mass is 9.89. The van der Waals surface area contributed by atoms with Gasteiger partial charge in [0.1, 0.15) is 6.20 Å². The van der Waals surface area contributed by atoms with Crippen LogP contribution in [-0.2, 0) is 18.4 Å². The standard InChI is InChI=1S/C12H19N2/c1-12(2,3)10-8-13-11-6-4-5-7-14(11)9-10/h8-9H,4-7H2,1-3H3/q+1. The normalized spacial score (nSPS) is 16.5. The van der Waals surface area contributed by atoms with Crippen molar-refractivity contribution < 1.29 is 4.57 Å². The molecule has 76 valence electrons. The van der Waals surface area contributed by atoms with Gasteiger partial charge in [-0.2, -0.15) is 0 Å². The van der Waals surface area contributed by atoms with Crippen molar-refractivity contribution >= 4 is 0 Å². The minimum Gasteiger partial charge on any atom is -0.234 e. The molecule has 0 aliphatic carbocycles. The number of hydrogen-bond donors (Lipinski definition) is 0. The quantitative estimate of drug-likeness (QED) is 0.573. The van der Waals surface area contributed by atoms with Crippen molar-refractivity contribution in [1.82, 2.24) is 4.98 Å². The third-order valence-corrected chi connectivity index (χ3v) is 2.89. The summed E-state index contributed by atoms with van der Waals surface area (Å²) < 4.78 is 2.32. The molecule has 0 radical (unpaired) electrons. The molecule has 0 spiro atoms. The molecule has 0 saturated heterocycles. The van der Waals surface area contributed by atoms with Gasteiger partial charge >= 0.3 is 0 Å². The van der Waals surface area contributed by atoms with Crippen molar-refractivity contribution in [2.75, 3.05) is 0 Å². The Morgan fingerprint density at radius 2 is 2.07 bits per heavy atom. The molecule has 0 fully saturated rings. The van der Waals surface area contributed by atoms with Crippen LogP contribution in [0.5, 0.6) is 0 Å². The molecule has 1 aliphatic heterocycles. The highest BCUT2D eigenvalue weighted by Crippen LogP contribution is 2.20. The summed E-state index contributed by atoms with van der Waals surface area (Å²) in [5, 5.41) is 0. The first-order valence-corrected chi connectivity index (χ1v) is 5.46. The van der Waals surface area contributed by atoms with Crippen LogP contribution in [0.25, 0.3) is 0 Å². The lowest BCUT2D eigenvalue weighted by Crippen LogP contribution is -2.43. The summed E-state index contributed by atoms with van der Waals surface area (Å²) in [4.78, 5) is 4.55. The molecule has 1 aromatic rings. The lowest BCUT2D eigenvalue weighted by molar-refractivity contribution is -0.713. The molecular formula is C12H19N2+. The Balaban J connectivity index is 2.39. The fourth-order valence-electron chi connectivity index (χ4n) is 1.85. The molecule has 0 saturated carbocycles. The summed E-state index contributed by atoms with van der Waals surface area (Å²) in [7, 11) is 0. The van der Waals surface area contributed by atoms with E-state index in [2.05, 4.69) is 36.5 Å². The summed E-state index contributed by atoms with van der Waals surface area (Å²) in [5.41, 5.74) is 1.55.